The number of hydrogen-bond donors (Lipinski definition) is 2. The molecule has 0 atom stereocenters. The van der Waals surface area contributed by atoms with E-state index in [1.54, 1.807) is 21.0 Å². The summed E-state index contributed by atoms with van der Waals surface area (Å²) in [5, 5.41) is 12.5. The lowest BCUT2D eigenvalue weighted by Crippen LogP contribution is -2.46. The van der Waals surface area contributed by atoms with Crippen LogP contribution in [0.4, 0.5) is 0 Å². The smallest absolute Gasteiger partial charge is 0.251 e. The number of carbonyl (C=O) groups is 1. The first-order chi connectivity index (χ1) is 6.60. The molecule has 84 valence electrons. The number of hydrogen-bond acceptors (Lipinski definition) is 3. The Morgan fingerprint density at radius 1 is 1.43 bits per heavy atom. The molecule has 0 aromatic heterocycles. The number of amides is 1. The highest BCUT2D eigenvalue weighted by atomic mass is 16.5. The summed E-state index contributed by atoms with van der Waals surface area (Å²) in [5.74, 6) is -0.279. The molecule has 0 bridgehead atoms. The second-order valence-corrected chi connectivity index (χ2v) is 3.34. The molecule has 0 aliphatic heterocycles. The van der Waals surface area contributed by atoms with Gasteiger partial charge in [-0.25, -0.2) is 0 Å². The van der Waals surface area contributed by atoms with E-state index in [4.69, 9.17) is 4.74 Å². The van der Waals surface area contributed by atoms with Crippen LogP contribution in [-0.4, -0.2) is 36.9 Å². The largest absolute Gasteiger partial charge is 0.385 e. The Morgan fingerprint density at radius 3 is 2.43 bits per heavy atom. The first kappa shape index (κ1) is 13.4. The number of aliphatic hydroxyl groups is 1. The topological polar surface area (TPSA) is 58.6 Å². The average Bonchev–Trinajstić information content (AvgIpc) is 2.22. The summed E-state index contributed by atoms with van der Waals surface area (Å²) in [7, 11) is 1.62. The second kappa shape index (κ2) is 6.79. The fourth-order valence-electron chi connectivity index (χ4n) is 1.15. The number of ether oxygens (including phenoxy) is 1. The third-order valence-electron chi connectivity index (χ3n) is 2.40. The van der Waals surface area contributed by atoms with Crippen molar-refractivity contribution in [2.24, 2.45) is 0 Å². The minimum atomic E-state index is -1.20. The third-order valence-corrected chi connectivity index (χ3v) is 2.40. The normalized spacial score (nSPS) is 11.4. The molecule has 1 amide bonds. The zero-order valence-corrected chi connectivity index (χ0v) is 9.30. The summed E-state index contributed by atoms with van der Waals surface area (Å²) in [5.41, 5.74) is -1.20. The molecule has 0 spiro atoms. The maximum Gasteiger partial charge on any atom is 0.251 e. The van der Waals surface area contributed by atoms with E-state index in [0.717, 1.165) is 6.42 Å². The molecular formula is C10H21NO3. The first-order valence-corrected chi connectivity index (χ1v) is 5.10. The van der Waals surface area contributed by atoms with E-state index >= 15 is 0 Å². The van der Waals surface area contributed by atoms with E-state index in [-0.39, 0.29) is 5.91 Å². The average molecular weight is 203 g/mol. The predicted molar refractivity (Wildman–Crippen MR) is 55.0 cm³/mol. The van der Waals surface area contributed by atoms with Gasteiger partial charge in [-0.1, -0.05) is 13.8 Å². The van der Waals surface area contributed by atoms with E-state index in [1.165, 1.54) is 0 Å². The van der Waals surface area contributed by atoms with Gasteiger partial charge in [-0.15, -0.1) is 0 Å². The lowest BCUT2D eigenvalue weighted by molar-refractivity contribution is -0.140. The Balaban J connectivity index is 3.82. The Bertz CT molecular complexity index is 167. The van der Waals surface area contributed by atoms with Gasteiger partial charge in [-0.05, 0) is 19.3 Å². The van der Waals surface area contributed by atoms with Crippen LogP contribution in [0.5, 0.6) is 0 Å². The first-order valence-electron chi connectivity index (χ1n) is 5.10. The highest BCUT2D eigenvalue weighted by molar-refractivity contribution is 5.84. The van der Waals surface area contributed by atoms with Gasteiger partial charge in [-0.3, -0.25) is 4.79 Å². The van der Waals surface area contributed by atoms with Crippen molar-refractivity contribution in [3.63, 3.8) is 0 Å². The summed E-state index contributed by atoms with van der Waals surface area (Å²) in [6.45, 7) is 4.78. The summed E-state index contributed by atoms with van der Waals surface area (Å²) in [4.78, 5) is 11.5. The Hall–Kier alpha value is -0.610. The zero-order chi connectivity index (χ0) is 11.0. The maximum absolute atomic E-state index is 11.5. The van der Waals surface area contributed by atoms with Crippen LogP contribution in [0.15, 0.2) is 0 Å². The Labute approximate surface area is 85.6 Å². The van der Waals surface area contributed by atoms with Crippen LogP contribution in [0.25, 0.3) is 0 Å². The SMILES string of the molecule is CCC(O)(CC)C(=O)NCCCOC. The van der Waals surface area contributed by atoms with Gasteiger partial charge in [0.2, 0.25) is 0 Å². The summed E-state index contributed by atoms with van der Waals surface area (Å²) < 4.78 is 4.85. The molecule has 0 unspecified atom stereocenters. The van der Waals surface area contributed by atoms with Crippen LogP contribution in [-0.2, 0) is 9.53 Å². The van der Waals surface area contributed by atoms with Crippen molar-refractivity contribution < 1.29 is 14.6 Å². The van der Waals surface area contributed by atoms with Gasteiger partial charge >= 0.3 is 0 Å². The van der Waals surface area contributed by atoms with E-state index in [2.05, 4.69) is 5.32 Å². The van der Waals surface area contributed by atoms with Gasteiger partial charge in [-0.2, -0.15) is 0 Å². The number of nitrogens with one attached hydrogen (secondary N) is 1. The van der Waals surface area contributed by atoms with Crippen LogP contribution in [0.1, 0.15) is 33.1 Å². The molecule has 2 N–H and O–H groups in total. The van der Waals surface area contributed by atoms with Crippen molar-refractivity contribution in [2.45, 2.75) is 38.7 Å². The highest BCUT2D eigenvalue weighted by Gasteiger charge is 2.31. The zero-order valence-electron chi connectivity index (χ0n) is 9.30. The maximum atomic E-state index is 11.5. The lowest BCUT2D eigenvalue weighted by Gasteiger charge is -2.23. The van der Waals surface area contributed by atoms with Crippen molar-refractivity contribution in [1.82, 2.24) is 5.32 Å². The van der Waals surface area contributed by atoms with Crippen molar-refractivity contribution in [3.8, 4) is 0 Å². The third kappa shape index (κ3) is 4.07. The molecule has 0 aliphatic rings. The Morgan fingerprint density at radius 2 is 2.00 bits per heavy atom. The summed E-state index contributed by atoms with van der Waals surface area (Å²) >= 11 is 0. The van der Waals surface area contributed by atoms with Gasteiger partial charge in [0.05, 0.1) is 0 Å². The van der Waals surface area contributed by atoms with Gasteiger partial charge in [0.1, 0.15) is 5.60 Å². The van der Waals surface area contributed by atoms with E-state index in [0.29, 0.717) is 26.0 Å². The minimum Gasteiger partial charge on any atom is -0.385 e. The number of methoxy groups -OCH3 is 1. The molecule has 0 rings (SSSR count). The molecule has 0 aromatic rings. The Kier molecular flexibility index (Phi) is 6.49. The van der Waals surface area contributed by atoms with Crippen LogP contribution in [0.2, 0.25) is 0 Å². The van der Waals surface area contributed by atoms with E-state index in [9.17, 15) is 9.90 Å². The van der Waals surface area contributed by atoms with Crippen molar-refractivity contribution in [3.05, 3.63) is 0 Å². The van der Waals surface area contributed by atoms with Crippen molar-refractivity contribution in [2.75, 3.05) is 20.3 Å². The van der Waals surface area contributed by atoms with Crippen LogP contribution < -0.4 is 5.32 Å². The van der Waals surface area contributed by atoms with Gasteiger partial charge < -0.3 is 15.2 Å². The number of rotatable bonds is 7. The molecule has 0 aliphatic carbocycles. The van der Waals surface area contributed by atoms with E-state index in [1.807, 2.05) is 0 Å². The molecule has 0 aromatic carbocycles. The molecule has 0 saturated heterocycles. The number of carbonyl (C=O) groups excluding carboxylic acids is 1. The molecule has 4 heteroatoms. The minimum absolute atomic E-state index is 0.279. The van der Waals surface area contributed by atoms with Crippen LogP contribution in [0.3, 0.4) is 0 Å². The second-order valence-electron chi connectivity index (χ2n) is 3.34. The summed E-state index contributed by atoms with van der Waals surface area (Å²) in [6, 6.07) is 0. The molecule has 14 heavy (non-hydrogen) atoms. The molecule has 0 radical (unpaired) electrons. The van der Waals surface area contributed by atoms with Crippen LogP contribution >= 0.6 is 0 Å². The fourth-order valence-corrected chi connectivity index (χ4v) is 1.15. The molecule has 4 nitrogen and oxygen atoms in total. The molecule has 0 fully saturated rings. The van der Waals surface area contributed by atoms with Crippen LogP contribution in [0, 0.1) is 0 Å². The predicted octanol–water partition coefficient (Wildman–Crippen LogP) is 0.690. The molecule has 0 saturated carbocycles. The van der Waals surface area contributed by atoms with Crippen molar-refractivity contribution >= 4 is 5.91 Å². The standard InChI is InChI=1S/C10H21NO3/c1-4-10(13,5-2)9(12)11-7-6-8-14-3/h13H,4-8H2,1-3H3,(H,11,12). The monoisotopic (exact) mass is 203 g/mol. The molecule has 0 heterocycles. The molecular weight excluding hydrogens is 182 g/mol. The fraction of sp³-hybridized carbons (Fsp3) is 0.900. The van der Waals surface area contributed by atoms with E-state index < -0.39 is 5.60 Å². The van der Waals surface area contributed by atoms with Crippen molar-refractivity contribution in [1.29, 1.82) is 0 Å². The summed E-state index contributed by atoms with van der Waals surface area (Å²) in [6.07, 6.45) is 1.66. The van der Waals surface area contributed by atoms with Gasteiger partial charge in [0, 0.05) is 20.3 Å². The lowest BCUT2D eigenvalue weighted by atomic mass is 9.96. The van der Waals surface area contributed by atoms with Gasteiger partial charge in [0.25, 0.3) is 5.91 Å². The quantitative estimate of drug-likeness (QED) is 0.598. The highest BCUT2D eigenvalue weighted by Crippen LogP contribution is 2.14. The van der Waals surface area contributed by atoms with Gasteiger partial charge in [0.15, 0.2) is 0 Å².